The average Bonchev–Trinajstić information content (AvgIpc) is 2.55. The number of halogens is 1. The molecule has 0 aliphatic carbocycles. The summed E-state index contributed by atoms with van der Waals surface area (Å²) >= 11 is 3.52. The summed E-state index contributed by atoms with van der Waals surface area (Å²) in [5, 5.41) is 8.81. The van der Waals surface area contributed by atoms with Gasteiger partial charge in [-0.3, -0.25) is 0 Å². The molecule has 4 nitrogen and oxygen atoms in total. The van der Waals surface area contributed by atoms with E-state index >= 15 is 0 Å². The maximum Gasteiger partial charge on any atom is 0.128 e. The van der Waals surface area contributed by atoms with Crippen LogP contribution in [0.2, 0.25) is 0 Å². The van der Waals surface area contributed by atoms with Crippen molar-refractivity contribution in [1.29, 1.82) is 5.26 Å². The summed E-state index contributed by atoms with van der Waals surface area (Å²) in [6.07, 6.45) is 1.63. The van der Waals surface area contributed by atoms with Gasteiger partial charge in [0, 0.05) is 42.5 Å². The minimum atomic E-state index is 0.603. The first-order chi connectivity index (χ1) is 10.3. The van der Waals surface area contributed by atoms with Crippen molar-refractivity contribution in [2.45, 2.75) is 0 Å². The summed E-state index contributed by atoms with van der Waals surface area (Å²) < 4.78 is 1.11. The Balaban J connectivity index is 1.66. The van der Waals surface area contributed by atoms with Crippen molar-refractivity contribution in [2.75, 3.05) is 36.0 Å². The van der Waals surface area contributed by atoms with E-state index < -0.39 is 0 Å². The molecule has 2 aromatic rings. The van der Waals surface area contributed by atoms with E-state index in [-0.39, 0.29) is 0 Å². The molecule has 0 N–H and O–H groups in total. The van der Waals surface area contributed by atoms with E-state index in [9.17, 15) is 0 Å². The molecule has 0 amide bonds. The smallest absolute Gasteiger partial charge is 0.128 e. The Kier molecular flexibility index (Phi) is 4.07. The fraction of sp³-hybridized carbons (Fsp3) is 0.250. The zero-order valence-electron chi connectivity index (χ0n) is 11.5. The van der Waals surface area contributed by atoms with E-state index in [1.807, 2.05) is 18.2 Å². The minimum absolute atomic E-state index is 0.603. The lowest BCUT2D eigenvalue weighted by Crippen LogP contribution is -2.46. The van der Waals surface area contributed by atoms with Gasteiger partial charge >= 0.3 is 0 Å². The van der Waals surface area contributed by atoms with Crippen LogP contribution in [0.4, 0.5) is 11.5 Å². The van der Waals surface area contributed by atoms with Gasteiger partial charge in [0.1, 0.15) is 11.9 Å². The quantitative estimate of drug-likeness (QED) is 0.841. The number of hydrogen-bond acceptors (Lipinski definition) is 4. The van der Waals surface area contributed by atoms with Gasteiger partial charge in [0.2, 0.25) is 0 Å². The van der Waals surface area contributed by atoms with Crippen LogP contribution in [-0.4, -0.2) is 31.2 Å². The predicted octanol–water partition coefficient (Wildman–Crippen LogP) is 3.04. The molecule has 1 aromatic carbocycles. The first kappa shape index (κ1) is 13.9. The Bertz CT molecular complexity index is 655. The zero-order valence-corrected chi connectivity index (χ0v) is 13.1. The predicted molar refractivity (Wildman–Crippen MR) is 87.5 cm³/mol. The van der Waals surface area contributed by atoms with Crippen molar-refractivity contribution in [1.82, 2.24) is 4.98 Å². The van der Waals surface area contributed by atoms with Crippen molar-refractivity contribution in [3.63, 3.8) is 0 Å². The lowest BCUT2D eigenvalue weighted by Gasteiger charge is -2.36. The molecule has 5 heteroatoms. The molecular formula is C16H15BrN4. The molecule has 1 fully saturated rings. The summed E-state index contributed by atoms with van der Waals surface area (Å²) in [7, 11) is 0. The van der Waals surface area contributed by atoms with Gasteiger partial charge in [0.25, 0.3) is 0 Å². The number of nitriles is 1. The summed E-state index contributed by atoms with van der Waals surface area (Å²) in [5.41, 5.74) is 1.85. The number of nitrogens with zero attached hydrogens (tertiary/aromatic N) is 4. The van der Waals surface area contributed by atoms with Crippen LogP contribution in [0.5, 0.6) is 0 Å². The second-order valence-corrected chi connectivity index (χ2v) is 5.89. The van der Waals surface area contributed by atoms with E-state index in [1.54, 1.807) is 6.20 Å². The van der Waals surface area contributed by atoms with E-state index in [4.69, 9.17) is 5.26 Å². The van der Waals surface area contributed by atoms with Crippen molar-refractivity contribution in [3.8, 4) is 6.07 Å². The normalized spacial score (nSPS) is 14.9. The van der Waals surface area contributed by atoms with E-state index in [1.165, 1.54) is 5.69 Å². The SMILES string of the molecule is N#Cc1ccc(N2CCN(c3cccc(Br)c3)CC2)nc1. The second kappa shape index (κ2) is 6.15. The fourth-order valence-electron chi connectivity index (χ4n) is 2.51. The molecule has 0 saturated carbocycles. The highest BCUT2D eigenvalue weighted by Crippen LogP contribution is 2.22. The average molecular weight is 343 g/mol. The lowest BCUT2D eigenvalue weighted by atomic mass is 10.2. The number of aromatic nitrogens is 1. The molecule has 1 aliphatic rings. The van der Waals surface area contributed by atoms with Crippen LogP contribution in [0.25, 0.3) is 0 Å². The van der Waals surface area contributed by atoms with Gasteiger partial charge < -0.3 is 9.80 Å². The first-order valence-electron chi connectivity index (χ1n) is 6.88. The second-order valence-electron chi connectivity index (χ2n) is 4.97. The fourth-order valence-corrected chi connectivity index (χ4v) is 2.89. The molecule has 106 valence electrons. The standard InChI is InChI=1S/C16H15BrN4/c17-14-2-1-3-15(10-14)20-6-8-21(9-7-20)16-5-4-13(11-18)12-19-16/h1-5,10,12H,6-9H2. The zero-order chi connectivity index (χ0) is 14.7. The largest absolute Gasteiger partial charge is 0.368 e. The Morgan fingerprint density at radius 2 is 1.81 bits per heavy atom. The van der Waals surface area contributed by atoms with Crippen molar-refractivity contribution >= 4 is 27.4 Å². The third-order valence-corrected chi connectivity index (χ3v) is 4.15. The van der Waals surface area contributed by atoms with Gasteiger partial charge in [0.05, 0.1) is 5.56 Å². The Morgan fingerprint density at radius 3 is 2.43 bits per heavy atom. The number of piperazine rings is 1. The summed E-state index contributed by atoms with van der Waals surface area (Å²) in [6.45, 7) is 3.81. The Hall–Kier alpha value is -2.06. The van der Waals surface area contributed by atoms with Crippen LogP contribution in [0.15, 0.2) is 47.1 Å². The molecule has 0 bridgehead atoms. The highest BCUT2D eigenvalue weighted by molar-refractivity contribution is 9.10. The monoisotopic (exact) mass is 342 g/mol. The minimum Gasteiger partial charge on any atom is -0.368 e. The van der Waals surface area contributed by atoms with Gasteiger partial charge in [-0.05, 0) is 30.3 Å². The van der Waals surface area contributed by atoms with Crippen LogP contribution >= 0.6 is 15.9 Å². The molecule has 2 heterocycles. The molecule has 1 aromatic heterocycles. The number of hydrogen-bond donors (Lipinski definition) is 0. The molecular weight excluding hydrogens is 328 g/mol. The summed E-state index contributed by atoms with van der Waals surface area (Å²) in [6, 6.07) is 14.2. The molecule has 0 radical (unpaired) electrons. The van der Waals surface area contributed by atoms with Crippen molar-refractivity contribution in [2.24, 2.45) is 0 Å². The molecule has 0 unspecified atom stereocenters. The molecule has 3 rings (SSSR count). The maximum absolute atomic E-state index is 8.81. The third kappa shape index (κ3) is 3.17. The van der Waals surface area contributed by atoms with Crippen molar-refractivity contribution < 1.29 is 0 Å². The van der Waals surface area contributed by atoms with E-state index in [0.29, 0.717) is 5.56 Å². The van der Waals surface area contributed by atoms with Crippen LogP contribution in [0.1, 0.15) is 5.56 Å². The van der Waals surface area contributed by atoms with E-state index in [0.717, 1.165) is 36.5 Å². The summed E-state index contributed by atoms with van der Waals surface area (Å²) in [4.78, 5) is 9.00. The van der Waals surface area contributed by atoms with Gasteiger partial charge in [-0.25, -0.2) is 4.98 Å². The van der Waals surface area contributed by atoms with E-state index in [2.05, 4.69) is 55.0 Å². The molecule has 0 spiro atoms. The van der Waals surface area contributed by atoms with Crippen LogP contribution < -0.4 is 9.80 Å². The van der Waals surface area contributed by atoms with Gasteiger partial charge in [-0.15, -0.1) is 0 Å². The van der Waals surface area contributed by atoms with Crippen LogP contribution in [-0.2, 0) is 0 Å². The molecule has 21 heavy (non-hydrogen) atoms. The number of pyridine rings is 1. The lowest BCUT2D eigenvalue weighted by molar-refractivity contribution is 0.647. The Morgan fingerprint density at radius 1 is 1.05 bits per heavy atom. The highest BCUT2D eigenvalue weighted by Gasteiger charge is 2.18. The van der Waals surface area contributed by atoms with Crippen LogP contribution in [0.3, 0.4) is 0 Å². The van der Waals surface area contributed by atoms with Gasteiger partial charge in [0.15, 0.2) is 0 Å². The topological polar surface area (TPSA) is 43.2 Å². The van der Waals surface area contributed by atoms with Crippen LogP contribution in [0, 0.1) is 11.3 Å². The Labute approximate surface area is 132 Å². The maximum atomic E-state index is 8.81. The van der Waals surface area contributed by atoms with Gasteiger partial charge in [-0.1, -0.05) is 22.0 Å². The number of benzene rings is 1. The third-order valence-electron chi connectivity index (χ3n) is 3.65. The number of rotatable bonds is 2. The number of anilines is 2. The molecule has 1 saturated heterocycles. The molecule has 0 atom stereocenters. The first-order valence-corrected chi connectivity index (χ1v) is 7.67. The molecule has 1 aliphatic heterocycles. The van der Waals surface area contributed by atoms with Crippen molar-refractivity contribution in [3.05, 3.63) is 52.6 Å². The highest BCUT2D eigenvalue weighted by atomic mass is 79.9. The summed E-state index contributed by atoms with van der Waals surface area (Å²) in [5.74, 6) is 0.947. The van der Waals surface area contributed by atoms with Gasteiger partial charge in [-0.2, -0.15) is 5.26 Å².